The fraction of sp³-hybridized carbons (Fsp3) is 0.282. The predicted molar refractivity (Wildman–Crippen MR) is 221 cm³/mol. The number of aromatic nitrogens is 1. The van der Waals surface area contributed by atoms with Crippen molar-refractivity contribution in [3.8, 4) is 5.75 Å². The number of carbonyl (C=O) groups is 4. The number of Topliss-reactive ketones (excluding diaryl/α,β-unsaturated/α-hetero) is 1. The van der Waals surface area contributed by atoms with Crippen molar-refractivity contribution in [1.29, 1.82) is 0 Å². The van der Waals surface area contributed by atoms with Crippen molar-refractivity contribution in [3.05, 3.63) is 129 Å². The molecular formula is C39H36BClIN3O8S2. The molecule has 55 heavy (non-hydrogen) atoms. The van der Waals surface area contributed by atoms with E-state index in [2.05, 4.69) is 15.8 Å². The fourth-order valence-corrected chi connectivity index (χ4v) is 8.17. The van der Waals surface area contributed by atoms with Crippen molar-refractivity contribution < 1.29 is 38.2 Å². The molecule has 0 bridgehead atoms. The van der Waals surface area contributed by atoms with Crippen molar-refractivity contribution >= 4 is 92.1 Å². The van der Waals surface area contributed by atoms with E-state index in [1.165, 1.54) is 34.9 Å². The Morgan fingerprint density at radius 2 is 1.65 bits per heavy atom. The van der Waals surface area contributed by atoms with E-state index in [0.29, 0.717) is 22.1 Å². The molecule has 2 aliphatic heterocycles. The monoisotopic (exact) mass is 911 g/mol. The van der Waals surface area contributed by atoms with Crippen LogP contribution in [0.15, 0.2) is 107 Å². The highest BCUT2D eigenvalue weighted by molar-refractivity contribution is 14.1. The molecule has 2 radical (unpaired) electrons. The molecule has 1 aromatic heterocycles. The van der Waals surface area contributed by atoms with Crippen LogP contribution < -0.4 is 4.74 Å². The van der Waals surface area contributed by atoms with Crippen molar-refractivity contribution in [1.82, 2.24) is 9.88 Å². The fourth-order valence-electron chi connectivity index (χ4n) is 5.83. The van der Waals surface area contributed by atoms with E-state index < -0.39 is 47.1 Å². The lowest BCUT2D eigenvalue weighted by Gasteiger charge is -2.49. The number of β-lactam (4-membered cyclic amide) rings is 1. The topological polar surface area (TPSA) is 134 Å². The third-order valence-corrected chi connectivity index (χ3v) is 11.1. The maximum Gasteiger partial charge on any atom is 0.355 e. The molecule has 11 nitrogen and oxygen atoms in total. The number of thioether (sulfide) groups is 1. The van der Waals surface area contributed by atoms with Crippen molar-refractivity contribution in [2.75, 3.05) is 18.7 Å². The highest BCUT2D eigenvalue weighted by atomic mass is 127. The summed E-state index contributed by atoms with van der Waals surface area (Å²) in [7, 11) is 1.56. The van der Waals surface area contributed by atoms with Gasteiger partial charge in [0, 0.05) is 23.4 Å². The number of rotatable bonds is 15. The third kappa shape index (κ3) is 10.2. The molecule has 1 amide bonds. The number of oxime groups is 1. The summed E-state index contributed by atoms with van der Waals surface area (Å²) in [5.41, 5.74) is 7.58. The Bertz CT molecular complexity index is 2000. The third-order valence-electron chi connectivity index (χ3n) is 8.64. The zero-order chi connectivity index (χ0) is 39.5. The van der Waals surface area contributed by atoms with Gasteiger partial charge in [0.2, 0.25) is 12.0 Å². The maximum absolute atomic E-state index is 13.9. The standard InChI is InChI=1S/C39H36ClN3O8S2.BI/c1-23(38(46)50-35(26-10-6-4-7-11-26)27-12-8-5-9-13-27)51-42-33(31-22-52-24(2)41-31)32(44)18-30-36(45)43-34(28(19-40)21-53-37(30)43)39(47)49-20-25-14-16-29(48-3)17-15-25;1-2/h4-17,22-23,30,35,37H,18-21H2,1-3H3;/b42-33-;/t23-,30+,37?;/m0./s1. The SMILES string of the molecule is COc1ccc(COC(=O)C2=C(CCl)CSC3[C@H](CC(=O)/C(=N\O[C@@H](C)C(=O)OC(c4ccccc4)c4ccccc4)c4csc(C)n4)C(=O)N23)cc1.[B]I. The number of benzene rings is 3. The Hall–Kier alpha value is -4.19. The van der Waals surface area contributed by atoms with E-state index in [1.54, 1.807) is 66.1 Å². The molecule has 3 heterocycles. The van der Waals surface area contributed by atoms with Crippen LogP contribution in [0.5, 0.6) is 5.75 Å². The Morgan fingerprint density at radius 1 is 1.02 bits per heavy atom. The average molecular weight is 912 g/mol. The van der Waals surface area contributed by atoms with Crippen LogP contribution in [0.1, 0.15) is 46.8 Å². The number of methoxy groups -OCH3 is 1. The van der Waals surface area contributed by atoms with Crippen molar-refractivity contribution in [2.24, 2.45) is 11.1 Å². The molecule has 0 aliphatic carbocycles. The summed E-state index contributed by atoms with van der Waals surface area (Å²) in [5.74, 6) is -1.93. The number of hydrogen-bond acceptors (Lipinski definition) is 12. The average Bonchev–Trinajstić information content (AvgIpc) is 3.67. The van der Waals surface area contributed by atoms with Crippen LogP contribution in [0.25, 0.3) is 0 Å². The van der Waals surface area contributed by atoms with Crippen molar-refractivity contribution in [3.63, 3.8) is 0 Å². The lowest BCUT2D eigenvalue weighted by atomic mass is 9.89. The number of alkyl halides is 1. The molecule has 4 aromatic rings. The Balaban J connectivity index is 0.00000285. The van der Waals surface area contributed by atoms with Crippen LogP contribution in [-0.4, -0.2) is 75.1 Å². The van der Waals surface area contributed by atoms with Crippen LogP contribution in [0.2, 0.25) is 0 Å². The van der Waals surface area contributed by atoms with Gasteiger partial charge in [0.15, 0.2) is 23.3 Å². The number of halogens is 2. The van der Waals surface area contributed by atoms with Gasteiger partial charge in [0.05, 0.1) is 23.4 Å². The molecule has 16 heteroatoms. The molecule has 3 atom stereocenters. The van der Waals surface area contributed by atoms with Gasteiger partial charge >= 0.3 is 11.9 Å². The number of nitrogens with zero attached hydrogens (tertiary/aromatic N) is 3. The van der Waals surface area contributed by atoms with Crippen molar-refractivity contribution in [2.45, 2.75) is 44.5 Å². The Morgan fingerprint density at radius 3 is 2.22 bits per heavy atom. The van der Waals surface area contributed by atoms with Crippen LogP contribution in [-0.2, 0) is 40.1 Å². The summed E-state index contributed by atoms with van der Waals surface area (Å²) in [5, 5.41) is 5.98. The van der Waals surface area contributed by atoms with Crippen LogP contribution in [0.4, 0.5) is 0 Å². The van der Waals surface area contributed by atoms with E-state index >= 15 is 0 Å². The lowest BCUT2D eigenvalue weighted by Crippen LogP contribution is -2.62. The number of ketones is 1. The van der Waals surface area contributed by atoms with Gasteiger partial charge in [-0.15, -0.1) is 34.7 Å². The van der Waals surface area contributed by atoms with E-state index in [4.69, 9.17) is 30.6 Å². The summed E-state index contributed by atoms with van der Waals surface area (Å²) < 4.78 is 16.7. The molecule has 1 saturated heterocycles. The summed E-state index contributed by atoms with van der Waals surface area (Å²) in [6.45, 7) is 3.25. The van der Waals surface area contributed by atoms with Crippen LogP contribution in [0, 0.1) is 12.8 Å². The number of thiazole rings is 1. The van der Waals surface area contributed by atoms with E-state index in [9.17, 15) is 19.2 Å². The molecule has 0 saturated carbocycles. The largest absolute Gasteiger partial charge is 0.497 e. The minimum absolute atomic E-state index is 0.0122. The number of hydrogen-bond donors (Lipinski definition) is 0. The minimum atomic E-state index is -1.19. The molecule has 284 valence electrons. The van der Waals surface area contributed by atoms with Gasteiger partial charge in [-0.05, 0) is 48.2 Å². The van der Waals surface area contributed by atoms with Crippen LogP contribution in [0.3, 0.4) is 0 Å². The van der Waals surface area contributed by atoms with Gasteiger partial charge in [-0.2, -0.15) is 22.4 Å². The molecule has 0 spiro atoms. The summed E-state index contributed by atoms with van der Waals surface area (Å²) >= 11 is 10.6. The van der Waals surface area contributed by atoms with Crippen LogP contribution >= 0.6 is 57.1 Å². The Labute approximate surface area is 347 Å². The zero-order valence-electron chi connectivity index (χ0n) is 30.1. The number of ether oxygens (including phenoxy) is 3. The summed E-state index contributed by atoms with van der Waals surface area (Å²) in [6.07, 6.45) is -2.10. The quantitative estimate of drug-likeness (QED) is 0.0231. The van der Waals surface area contributed by atoms with Gasteiger partial charge in [-0.1, -0.05) is 78.0 Å². The lowest BCUT2D eigenvalue weighted by molar-refractivity contribution is -0.160. The second kappa shape index (κ2) is 20.1. The summed E-state index contributed by atoms with van der Waals surface area (Å²) in [6, 6.07) is 25.7. The zero-order valence-corrected chi connectivity index (χ0v) is 34.6. The smallest absolute Gasteiger partial charge is 0.355 e. The first kappa shape index (κ1) is 42.0. The first-order valence-corrected chi connectivity index (χ1v) is 20.6. The van der Waals surface area contributed by atoms with E-state index in [1.807, 2.05) is 60.7 Å². The highest BCUT2D eigenvalue weighted by Crippen LogP contribution is 2.46. The van der Waals surface area contributed by atoms with Gasteiger partial charge in [0.25, 0.3) is 0 Å². The first-order chi connectivity index (χ1) is 26.7. The van der Waals surface area contributed by atoms with Gasteiger partial charge in [0.1, 0.15) is 23.7 Å². The molecule has 1 fully saturated rings. The molecule has 3 aromatic carbocycles. The number of amides is 1. The molecule has 0 N–H and O–H groups in total. The molecule has 2 aliphatic rings. The number of fused-ring (bicyclic) bond motifs is 1. The number of esters is 2. The summed E-state index contributed by atoms with van der Waals surface area (Å²) in [4.78, 5) is 65.6. The molecule has 1 unspecified atom stereocenters. The first-order valence-electron chi connectivity index (χ1n) is 16.9. The molecular weight excluding hydrogens is 876 g/mol. The second-order valence-corrected chi connectivity index (χ2v) is 14.7. The predicted octanol–water partition coefficient (Wildman–Crippen LogP) is 7.13. The highest BCUT2D eigenvalue weighted by Gasteiger charge is 2.54. The normalized spacial score (nSPS) is 16.9. The maximum atomic E-state index is 13.9. The van der Waals surface area contributed by atoms with Gasteiger partial charge in [-0.25, -0.2) is 14.6 Å². The Kier molecular flexibility index (Phi) is 15.4. The van der Waals surface area contributed by atoms with E-state index in [-0.39, 0.29) is 36.0 Å². The second-order valence-electron chi connectivity index (χ2n) is 12.2. The van der Waals surface area contributed by atoms with Gasteiger partial charge in [-0.3, -0.25) is 14.5 Å². The number of carbonyl (C=O) groups excluding carboxylic acids is 4. The van der Waals surface area contributed by atoms with E-state index in [0.717, 1.165) is 16.7 Å². The number of aryl methyl sites for hydroxylation is 1. The minimum Gasteiger partial charge on any atom is -0.497 e. The molecule has 6 rings (SSSR count). The van der Waals surface area contributed by atoms with Gasteiger partial charge < -0.3 is 19.0 Å².